The maximum Gasteiger partial charge on any atom is 0.301 e. The standard InChI is InChI=1S/C9H10F3N/c10-6-9(11,12)8-3-1-7(5-13)2-4-8/h1-4H,5-6,13H2. The Hall–Kier alpha value is -1.03. The fourth-order valence-electron chi connectivity index (χ4n) is 0.962. The molecule has 0 unspecified atom stereocenters. The van der Waals surface area contributed by atoms with Gasteiger partial charge >= 0.3 is 5.92 Å². The van der Waals surface area contributed by atoms with Crippen molar-refractivity contribution in [2.75, 3.05) is 6.67 Å². The Morgan fingerprint density at radius 3 is 2.08 bits per heavy atom. The van der Waals surface area contributed by atoms with Crippen LogP contribution in [0, 0.1) is 0 Å². The Morgan fingerprint density at radius 2 is 1.69 bits per heavy atom. The lowest BCUT2D eigenvalue weighted by Gasteiger charge is -2.12. The van der Waals surface area contributed by atoms with Crippen LogP contribution in [-0.2, 0) is 12.5 Å². The van der Waals surface area contributed by atoms with Crippen LogP contribution >= 0.6 is 0 Å². The van der Waals surface area contributed by atoms with Gasteiger partial charge in [0.15, 0.2) is 6.67 Å². The van der Waals surface area contributed by atoms with E-state index in [0.717, 1.165) is 5.56 Å². The van der Waals surface area contributed by atoms with E-state index in [9.17, 15) is 13.2 Å². The molecule has 0 bridgehead atoms. The molecule has 0 aliphatic carbocycles. The highest BCUT2D eigenvalue weighted by Gasteiger charge is 2.31. The molecule has 1 rings (SSSR count). The lowest BCUT2D eigenvalue weighted by molar-refractivity contribution is -0.0280. The fourth-order valence-corrected chi connectivity index (χ4v) is 0.962. The van der Waals surface area contributed by atoms with Gasteiger partial charge in [0, 0.05) is 12.1 Å². The molecular formula is C9H10F3N. The van der Waals surface area contributed by atoms with Gasteiger partial charge in [-0.3, -0.25) is 0 Å². The summed E-state index contributed by atoms with van der Waals surface area (Å²) in [6.07, 6.45) is 0. The summed E-state index contributed by atoms with van der Waals surface area (Å²) >= 11 is 0. The molecule has 72 valence electrons. The van der Waals surface area contributed by atoms with Crippen molar-refractivity contribution in [2.24, 2.45) is 5.73 Å². The second kappa shape index (κ2) is 3.79. The van der Waals surface area contributed by atoms with E-state index in [1.807, 2.05) is 0 Å². The van der Waals surface area contributed by atoms with Gasteiger partial charge < -0.3 is 5.73 Å². The molecule has 0 radical (unpaired) electrons. The van der Waals surface area contributed by atoms with Crippen molar-refractivity contribution in [3.63, 3.8) is 0 Å². The summed E-state index contributed by atoms with van der Waals surface area (Å²) in [5.41, 5.74) is 5.72. The van der Waals surface area contributed by atoms with Crippen molar-refractivity contribution in [2.45, 2.75) is 12.5 Å². The summed E-state index contributed by atoms with van der Waals surface area (Å²) < 4.78 is 37.3. The third kappa shape index (κ3) is 2.21. The molecule has 1 aromatic rings. The molecule has 0 saturated heterocycles. The summed E-state index contributed by atoms with van der Waals surface area (Å²) in [7, 11) is 0. The second-order valence-electron chi connectivity index (χ2n) is 2.74. The zero-order valence-electron chi connectivity index (χ0n) is 6.93. The number of nitrogens with two attached hydrogens (primary N) is 1. The van der Waals surface area contributed by atoms with Gasteiger partial charge in [-0.1, -0.05) is 24.3 Å². The quantitative estimate of drug-likeness (QED) is 0.775. The molecule has 1 nitrogen and oxygen atoms in total. The predicted octanol–water partition coefficient (Wildman–Crippen LogP) is 2.21. The topological polar surface area (TPSA) is 26.0 Å². The first kappa shape index (κ1) is 10.1. The van der Waals surface area contributed by atoms with Gasteiger partial charge in [0.25, 0.3) is 0 Å². The van der Waals surface area contributed by atoms with Crippen molar-refractivity contribution in [1.82, 2.24) is 0 Å². The molecule has 2 N–H and O–H groups in total. The summed E-state index contributed by atoms with van der Waals surface area (Å²) in [5, 5.41) is 0. The van der Waals surface area contributed by atoms with Gasteiger partial charge in [0.2, 0.25) is 0 Å². The molecule has 0 amide bonds. The Kier molecular flexibility index (Phi) is 2.93. The second-order valence-corrected chi connectivity index (χ2v) is 2.74. The fraction of sp³-hybridized carbons (Fsp3) is 0.333. The summed E-state index contributed by atoms with van der Waals surface area (Å²) in [5.74, 6) is -3.38. The molecule has 1 aromatic carbocycles. The highest BCUT2D eigenvalue weighted by molar-refractivity contribution is 5.25. The van der Waals surface area contributed by atoms with Crippen molar-refractivity contribution >= 4 is 0 Å². The van der Waals surface area contributed by atoms with Crippen LogP contribution in [0.15, 0.2) is 24.3 Å². The first-order valence-electron chi connectivity index (χ1n) is 3.83. The number of benzene rings is 1. The van der Waals surface area contributed by atoms with Gasteiger partial charge in [-0.05, 0) is 5.56 Å². The minimum Gasteiger partial charge on any atom is -0.326 e. The third-order valence-corrected chi connectivity index (χ3v) is 1.78. The molecule has 0 aliphatic rings. The van der Waals surface area contributed by atoms with E-state index in [1.54, 1.807) is 0 Å². The zero-order chi connectivity index (χ0) is 9.90. The van der Waals surface area contributed by atoms with E-state index in [-0.39, 0.29) is 5.56 Å². The van der Waals surface area contributed by atoms with Crippen molar-refractivity contribution in [1.29, 1.82) is 0 Å². The van der Waals surface area contributed by atoms with Crippen LogP contribution in [0.25, 0.3) is 0 Å². The Labute approximate surface area is 74.4 Å². The van der Waals surface area contributed by atoms with Crippen LogP contribution in [0.4, 0.5) is 13.2 Å². The van der Waals surface area contributed by atoms with Crippen LogP contribution in [-0.4, -0.2) is 6.67 Å². The van der Waals surface area contributed by atoms with E-state index < -0.39 is 12.6 Å². The molecule has 0 aromatic heterocycles. The lowest BCUT2D eigenvalue weighted by Crippen LogP contribution is -2.15. The normalized spacial score (nSPS) is 11.7. The number of alkyl halides is 3. The van der Waals surface area contributed by atoms with Gasteiger partial charge in [0.1, 0.15) is 0 Å². The van der Waals surface area contributed by atoms with Gasteiger partial charge in [-0.2, -0.15) is 8.78 Å². The van der Waals surface area contributed by atoms with Crippen LogP contribution in [0.5, 0.6) is 0 Å². The molecule has 0 atom stereocenters. The lowest BCUT2D eigenvalue weighted by atomic mass is 10.1. The largest absolute Gasteiger partial charge is 0.326 e. The molecule has 0 saturated carbocycles. The van der Waals surface area contributed by atoms with Crippen LogP contribution < -0.4 is 5.73 Å². The molecule has 0 fully saturated rings. The minimum atomic E-state index is -3.38. The first-order valence-corrected chi connectivity index (χ1v) is 3.83. The van der Waals surface area contributed by atoms with Gasteiger partial charge in [-0.25, -0.2) is 4.39 Å². The highest BCUT2D eigenvalue weighted by Crippen LogP contribution is 2.28. The number of hydrogen-bond donors (Lipinski definition) is 1. The molecule has 0 spiro atoms. The predicted molar refractivity (Wildman–Crippen MR) is 44.2 cm³/mol. The van der Waals surface area contributed by atoms with E-state index in [2.05, 4.69) is 0 Å². The summed E-state index contributed by atoms with van der Waals surface area (Å²) in [6.45, 7) is -1.38. The smallest absolute Gasteiger partial charge is 0.301 e. The average Bonchev–Trinajstić information content (AvgIpc) is 2.18. The Balaban J connectivity index is 2.92. The van der Waals surface area contributed by atoms with Crippen LogP contribution in [0.1, 0.15) is 11.1 Å². The van der Waals surface area contributed by atoms with Crippen LogP contribution in [0.3, 0.4) is 0 Å². The number of rotatable bonds is 3. The maximum atomic E-state index is 12.7. The number of hydrogen-bond acceptors (Lipinski definition) is 1. The van der Waals surface area contributed by atoms with E-state index in [4.69, 9.17) is 5.73 Å². The van der Waals surface area contributed by atoms with Crippen molar-refractivity contribution in [3.8, 4) is 0 Å². The van der Waals surface area contributed by atoms with E-state index in [1.165, 1.54) is 24.3 Å². The molecule has 4 heteroatoms. The summed E-state index contributed by atoms with van der Waals surface area (Å²) in [6, 6.07) is 5.33. The number of halogens is 3. The minimum absolute atomic E-state index is 0.293. The average molecular weight is 189 g/mol. The van der Waals surface area contributed by atoms with Gasteiger partial charge in [-0.15, -0.1) is 0 Å². The van der Waals surface area contributed by atoms with E-state index >= 15 is 0 Å². The Bertz CT molecular complexity index is 269. The third-order valence-electron chi connectivity index (χ3n) is 1.78. The van der Waals surface area contributed by atoms with Crippen LogP contribution in [0.2, 0.25) is 0 Å². The zero-order valence-corrected chi connectivity index (χ0v) is 6.93. The van der Waals surface area contributed by atoms with Crippen molar-refractivity contribution < 1.29 is 13.2 Å². The first-order chi connectivity index (χ1) is 6.10. The monoisotopic (exact) mass is 189 g/mol. The maximum absolute atomic E-state index is 12.7. The van der Waals surface area contributed by atoms with E-state index in [0.29, 0.717) is 6.54 Å². The van der Waals surface area contributed by atoms with Gasteiger partial charge in [0.05, 0.1) is 0 Å². The Morgan fingerprint density at radius 1 is 1.15 bits per heavy atom. The molecule has 13 heavy (non-hydrogen) atoms. The highest BCUT2D eigenvalue weighted by atomic mass is 19.3. The molecule has 0 aliphatic heterocycles. The molecular weight excluding hydrogens is 179 g/mol. The molecule has 0 heterocycles. The SMILES string of the molecule is NCc1ccc(C(F)(F)CF)cc1. The summed E-state index contributed by atoms with van der Waals surface area (Å²) in [4.78, 5) is 0. The van der Waals surface area contributed by atoms with Crippen molar-refractivity contribution in [3.05, 3.63) is 35.4 Å².